The van der Waals surface area contributed by atoms with Crippen LogP contribution in [-0.4, -0.2) is 44.5 Å². The molecule has 1 aromatic carbocycles. The Morgan fingerprint density at radius 1 is 1.16 bits per heavy atom. The molecule has 8 nitrogen and oxygen atoms in total. The SMILES string of the molecule is CC(=N[S@@](=O)C(C)(C)C)c1ccnc(-c2ccc3cnn(-c4cccc(CO)n4)c3c2)n1. The summed E-state index contributed by atoms with van der Waals surface area (Å²) in [5.41, 5.74) is 3.44. The van der Waals surface area contributed by atoms with Crippen LogP contribution in [0.25, 0.3) is 28.1 Å². The first kappa shape index (κ1) is 21.9. The van der Waals surface area contributed by atoms with Gasteiger partial charge in [0.25, 0.3) is 0 Å². The number of aliphatic hydroxyl groups excluding tert-OH is 1. The Bertz CT molecular complexity index is 1340. The average molecular weight is 449 g/mol. The third-order valence-corrected chi connectivity index (χ3v) is 6.26. The zero-order chi connectivity index (χ0) is 22.9. The highest BCUT2D eigenvalue weighted by Crippen LogP contribution is 2.24. The largest absolute Gasteiger partial charge is 0.390 e. The minimum atomic E-state index is -1.37. The summed E-state index contributed by atoms with van der Waals surface area (Å²) in [6, 6.07) is 13.0. The summed E-state index contributed by atoms with van der Waals surface area (Å²) in [5.74, 6) is 1.15. The molecule has 3 aromatic heterocycles. The van der Waals surface area contributed by atoms with Crippen LogP contribution in [0.1, 0.15) is 39.1 Å². The van der Waals surface area contributed by atoms with Gasteiger partial charge in [0.1, 0.15) is 11.0 Å². The van der Waals surface area contributed by atoms with E-state index in [9.17, 15) is 9.32 Å². The minimum absolute atomic E-state index is 0.139. The average Bonchev–Trinajstić information content (AvgIpc) is 3.22. The molecule has 0 saturated carbocycles. The van der Waals surface area contributed by atoms with Crippen molar-refractivity contribution in [3.63, 3.8) is 0 Å². The predicted octanol–water partition coefficient (Wildman–Crippen LogP) is 3.64. The lowest BCUT2D eigenvalue weighted by Gasteiger charge is -2.14. The molecule has 0 unspecified atom stereocenters. The van der Waals surface area contributed by atoms with Gasteiger partial charge in [-0.15, -0.1) is 0 Å². The van der Waals surface area contributed by atoms with Crippen LogP contribution in [-0.2, 0) is 17.6 Å². The van der Waals surface area contributed by atoms with Crippen molar-refractivity contribution in [2.45, 2.75) is 39.0 Å². The van der Waals surface area contributed by atoms with Crippen molar-refractivity contribution in [2.75, 3.05) is 0 Å². The van der Waals surface area contributed by atoms with Gasteiger partial charge in [0.05, 0.1) is 40.2 Å². The fourth-order valence-corrected chi connectivity index (χ4v) is 3.64. The molecule has 0 radical (unpaired) electrons. The molecule has 4 aromatic rings. The van der Waals surface area contributed by atoms with E-state index in [1.807, 2.05) is 51.1 Å². The molecule has 0 saturated heterocycles. The Morgan fingerprint density at radius 2 is 1.97 bits per heavy atom. The molecular formula is C23H24N6O2S. The van der Waals surface area contributed by atoms with Crippen LogP contribution in [0.4, 0.5) is 0 Å². The van der Waals surface area contributed by atoms with E-state index in [0.717, 1.165) is 16.5 Å². The van der Waals surface area contributed by atoms with Gasteiger partial charge in [0, 0.05) is 17.1 Å². The molecule has 0 aliphatic carbocycles. The van der Waals surface area contributed by atoms with Gasteiger partial charge < -0.3 is 5.11 Å². The van der Waals surface area contributed by atoms with Gasteiger partial charge in [-0.25, -0.2) is 23.8 Å². The quantitative estimate of drug-likeness (QED) is 0.467. The Morgan fingerprint density at radius 3 is 2.72 bits per heavy atom. The Labute approximate surface area is 188 Å². The van der Waals surface area contributed by atoms with Crippen molar-refractivity contribution in [3.8, 4) is 17.2 Å². The van der Waals surface area contributed by atoms with Crippen molar-refractivity contribution in [3.05, 3.63) is 66.2 Å². The monoisotopic (exact) mass is 448 g/mol. The van der Waals surface area contributed by atoms with E-state index in [1.165, 1.54) is 0 Å². The van der Waals surface area contributed by atoms with Gasteiger partial charge in [-0.1, -0.05) is 18.2 Å². The summed E-state index contributed by atoms with van der Waals surface area (Å²) in [5, 5.41) is 14.8. The highest BCUT2D eigenvalue weighted by molar-refractivity contribution is 7.85. The first-order chi connectivity index (χ1) is 15.3. The van der Waals surface area contributed by atoms with E-state index in [0.29, 0.717) is 28.7 Å². The number of benzene rings is 1. The summed E-state index contributed by atoms with van der Waals surface area (Å²) < 4.78 is 18.0. The van der Waals surface area contributed by atoms with Gasteiger partial charge in [0.2, 0.25) is 0 Å². The second-order valence-electron chi connectivity index (χ2n) is 8.28. The number of fused-ring (bicyclic) bond motifs is 1. The molecule has 0 aliphatic heterocycles. The smallest absolute Gasteiger partial charge is 0.159 e. The van der Waals surface area contributed by atoms with E-state index >= 15 is 0 Å². The molecule has 1 N–H and O–H groups in total. The van der Waals surface area contributed by atoms with Crippen molar-refractivity contribution < 1.29 is 9.32 Å². The lowest BCUT2D eigenvalue weighted by atomic mass is 10.1. The number of rotatable bonds is 5. The number of pyridine rings is 1. The predicted molar refractivity (Wildman–Crippen MR) is 126 cm³/mol. The van der Waals surface area contributed by atoms with Gasteiger partial charge >= 0.3 is 0 Å². The number of hydrogen-bond acceptors (Lipinski definition) is 6. The normalized spacial score (nSPS) is 13.5. The topological polar surface area (TPSA) is 106 Å². The molecule has 0 spiro atoms. The Balaban J connectivity index is 1.74. The molecule has 164 valence electrons. The molecule has 0 amide bonds. The molecule has 32 heavy (non-hydrogen) atoms. The van der Waals surface area contributed by atoms with Crippen LogP contribution < -0.4 is 0 Å². The van der Waals surface area contributed by atoms with Crippen molar-refractivity contribution in [1.82, 2.24) is 24.7 Å². The molecule has 0 bridgehead atoms. The summed E-state index contributed by atoms with van der Waals surface area (Å²) in [6.07, 6.45) is 3.44. The molecule has 0 aliphatic rings. The van der Waals surface area contributed by atoms with Crippen LogP contribution in [0, 0.1) is 0 Å². The van der Waals surface area contributed by atoms with Crippen LogP contribution in [0.3, 0.4) is 0 Å². The Hall–Kier alpha value is -3.30. The standard InChI is InChI=1S/C23H24N6O2S/c1-15(28-32(31)23(2,3)4)19-10-11-24-22(27-19)16-8-9-17-13-25-29(20(17)12-16)21-7-5-6-18(14-30)26-21/h5-13,30H,14H2,1-4H3/t32-/m0/s1. The zero-order valence-corrected chi connectivity index (χ0v) is 19.2. The van der Waals surface area contributed by atoms with E-state index in [1.54, 1.807) is 36.1 Å². The van der Waals surface area contributed by atoms with Crippen molar-refractivity contribution in [1.29, 1.82) is 0 Å². The number of hydrogen-bond donors (Lipinski definition) is 1. The van der Waals surface area contributed by atoms with E-state index in [4.69, 9.17) is 0 Å². The molecule has 3 heterocycles. The highest BCUT2D eigenvalue weighted by atomic mass is 32.2. The maximum Gasteiger partial charge on any atom is 0.159 e. The number of aromatic nitrogens is 5. The van der Waals surface area contributed by atoms with Crippen LogP contribution in [0.2, 0.25) is 0 Å². The van der Waals surface area contributed by atoms with Gasteiger partial charge in [-0.05, 0) is 52.0 Å². The fourth-order valence-electron chi connectivity index (χ4n) is 3.02. The molecule has 4 rings (SSSR count). The van der Waals surface area contributed by atoms with Gasteiger partial charge in [0.15, 0.2) is 11.6 Å². The van der Waals surface area contributed by atoms with Crippen LogP contribution >= 0.6 is 0 Å². The number of aliphatic hydroxyl groups is 1. The van der Waals surface area contributed by atoms with Gasteiger partial charge in [-0.2, -0.15) is 9.50 Å². The van der Waals surface area contributed by atoms with Crippen molar-refractivity contribution >= 4 is 27.6 Å². The van der Waals surface area contributed by atoms with E-state index in [2.05, 4.69) is 24.4 Å². The fraction of sp³-hybridized carbons (Fsp3) is 0.261. The Kier molecular flexibility index (Phi) is 5.94. The van der Waals surface area contributed by atoms with Crippen LogP contribution in [0.15, 0.2) is 59.3 Å². The van der Waals surface area contributed by atoms with Crippen LogP contribution in [0.5, 0.6) is 0 Å². The maximum atomic E-state index is 12.4. The number of nitrogens with zero attached hydrogens (tertiary/aromatic N) is 6. The summed E-state index contributed by atoms with van der Waals surface area (Å²) in [6.45, 7) is 7.31. The second-order valence-corrected chi connectivity index (χ2v) is 10.2. The molecule has 0 fully saturated rings. The van der Waals surface area contributed by atoms with Crippen molar-refractivity contribution in [2.24, 2.45) is 4.40 Å². The second kappa shape index (κ2) is 8.68. The summed E-state index contributed by atoms with van der Waals surface area (Å²) >= 11 is 0. The van der Waals surface area contributed by atoms with E-state index in [-0.39, 0.29) is 6.61 Å². The summed E-state index contributed by atoms with van der Waals surface area (Å²) in [7, 11) is -1.37. The zero-order valence-electron chi connectivity index (χ0n) is 18.4. The molecule has 1 atom stereocenters. The third-order valence-electron chi connectivity index (χ3n) is 4.77. The molecule has 9 heteroatoms. The first-order valence-electron chi connectivity index (χ1n) is 10.1. The highest BCUT2D eigenvalue weighted by Gasteiger charge is 2.19. The summed E-state index contributed by atoms with van der Waals surface area (Å²) in [4.78, 5) is 13.5. The molecular weight excluding hydrogens is 424 g/mol. The lowest BCUT2D eigenvalue weighted by molar-refractivity contribution is 0.276. The maximum absolute atomic E-state index is 12.4. The van der Waals surface area contributed by atoms with Gasteiger partial charge in [-0.3, -0.25) is 0 Å². The first-order valence-corrected chi connectivity index (χ1v) is 11.2. The van der Waals surface area contributed by atoms with E-state index < -0.39 is 15.7 Å². The minimum Gasteiger partial charge on any atom is -0.390 e. The lowest BCUT2D eigenvalue weighted by Crippen LogP contribution is -2.20. The third kappa shape index (κ3) is 4.49.